The number of aromatic hydroxyl groups is 9. The first-order valence-electron chi connectivity index (χ1n) is 42.0. The van der Waals surface area contributed by atoms with Crippen LogP contribution in [0.3, 0.4) is 0 Å². The van der Waals surface area contributed by atoms with E-state index in [0.29, 0.717) is 55.6 Å². The van der Waals surface area contributed by atoms with E-state index < -0.39 is 218 Å². The van der Waals surface area contributed by atoms with Crippen molar-refractivity contribution in [2.75, 3.05) is 0 Å². The van der Waals surface area contributed by atoms with Crippen molar-refractivity contribution in [2.24, 2.45) is 0 Å². The maximum atomic E-state index is 14.9. The molecule has 0 saturated carbocycles. The molecule has 0 unspecified atom stereocenters. The van der Waals surface area contributed by atoms with Crippen LogP contribution in [0.2, 0.25) is 0 Å². The van der Waals surface area contributed by atoms with Gasteiger partial charge in [0.1, 0.15) is 104 Å². The Kier molecular flexibility index (Phi) is 24.0. The fraction of sp³-hybridized carbons (Fsp3) is 0.101. The van der Waals surface area contributed by atoms with Crippen LogP contribution in [0.1, 0.15) is 102 Å². The van der Waals surface area contributed by atoms with E-state index in [1.54, 1.807) is 194 Å². The van der Waals surface area contributed by atoms with Gasteiger partial charge in [-0.15, -0.1) is 19.7 Å². The van der Waals surface area contributed by atoms with E-state index in [9.17, 15) is 121 Å². The Balaban J connectivity index is 0.686. The molecule has 0 aliphatic heterocycles. The first-order chi connectivity index (χ1) is 63.9. The molecule has 0 aromatic heterocycles. The third-order valence-electron chi connectivity index (χ3n) is 24.6. The first kappa shape index (κ1) is 88.9. The third kappa shape index (κ3) is 15.6. The predicted octanol–water partition coefficient (Wildman–Crippen LogP) is 18.6. The monoisotopic (exact) mass is 1780 g/mol. The molecule has 24 nitrogen and oxygen atoms in total. The van der Waals surface area contributed by atoms with Gasteiger partial charge in [0.2, 0.25) is 17.3 Å². The van der Waals surface area contributed by atoms with Crippen LogP contribution >= 0.6 is 0 Å². The Bertz CT molecular complexity index is 7160. The standard InChI is InChI=1S/C109H84O24/c1-4-23-63-88(112)64(24-5-2)94(118)78(93(63)117)83-106(130)84(107(83)131)79-95(119)65(25-6-3)89(113)66(96(79)120)39-22-37-59-35-19-20-36-62(59)51-73-92(116)71(49-56-32-17-10-18-33-56)101(125)82(103(73)127)85-104(128)77(105(85)129)76-75(111)52-74(110)67(97(76)121)45-57-40-42-60(43-41-57)61-38-21-34-58(44-61)50-72-91(115)70(48-55-30-15-9-16-31-55)100(124)81(102(72)126)87-108(132)86(109(87)133)80-98(122)68(46-53-26-11-7-12-27-53)90(114)69(99(80)123)47-54-28-13-8-14-29-54/h4-22,26-38,40-44,52,110-112,115,117-128,130,132H,1-3,23-25,39,45-51H2/b37-22-,84-79-,85-82+. The lowest BCUT2D eigenvalue weighted by Gasteiger charge is -2.29. The number of phenols is 9. The Morgan fingerprint density at radius 2 is 0.556 bits per heavy atom. The highest BCUT2D eigenvalue weighted by molar-refractivity contribution is 6.42. The SMILES string of the molecule is C=CCC1=C(O)/C(=C2/C(=O)C(c3c(O)c(CC=C)c(O)c(CC=C)c3O)=C2O)C(O)=C(C/C=C\c2ccccc2CC2=C(O)/C(=C3/C(=O)C(c4c(O)cc(O)c(Cc5ccc(-c6cccc(Cc7c(O)c(Cc8ccccc8)c(O)c(C8=C(O)C(=C9C(O)=C(Cc%10ccccc%10)C(=O)C(Cc%10ccccc%10)=C9O)C8=O)c7O)c6)cc5)c4O)=C3O)C(O)=C(Cc3ccccc3)C2=O)C1=O. The summed E-state index contributed by atoms with van der Waals surface area (Å²) in [4.78, 5) is 87.5. The molecule has 10 aromatic carbocycles. The lowest BCUT2D eigenvalue weighted by Crippen LogP contribution is -2.28. The van der Waals surface area contributed by atoms with Gasteiger partial charge in [0.25, 0.3) is 0 Å². The summed E-state index contributed by atoms with van der Waals surface area (Å²) in [5, 5.41) is 214. The van der Waals surface area contributed by atoms with Crippen LogP contribution in [0.15, 0.2) is 363 Å². The quantitative estimate of drug-likeness (QED) is 0.0168. The van der Waals surface area contributed by atoms with Crippen molar-refractivity contribution in [3.05, 3.63) is 452 Å². The van der Waals surface area contributed by atoms with Crippen LogP contribution in [0.5, 0.6) is 51.7 Å². The number of carbonyl (C=O) groups excluding carboxylic acids is 6. The molecule has 0 bridgehead atoms. The lowest BCUT2D eigenvalue weighted by molar-refractivity contribution is -0.113. The second-order valence-electron chi connectivity index (χ2n) is 32.6. The zero-order valence-electron chi connectivity index (χ0n) is 70.8. The molecular weight excluding hydrogens is 1690 g/mol. The van der Waals surface area contributed by atoms with Crippen LogP contribution in [-0.4, -0.2) is 127 Å². The van der Waals surface area contributed by atoms with E-state index in [0.717, 1.165) is 6.07 Å². The number of phenolic OH excluding ortho intramolecular Hbond substituents is 9. The van der Waals surface area contributed by atoms with Gasteiger partial charge in [-0.05, 0) is 81.3 Å². The summed E-state index contributed by atoms with van der Waals surface area (Å²) in [5.41, 5.74) is -5.15. The van der Waals surface area contributed by atoms with Crippen LogP contribution in [0.4, 0.5) is 0 Å². The van der Waals surface area contributed by atoms with Crippen LogP contribution in [0, 0.1) is 0 Å². The Morgan fingerprint density at radius 3 is 0.985 bits per heavy atom. The molecule has 6 aliphatic carbocycles. The first-order valence-corrected chi connectivity index (χ1v) is 42.0. The molecule has 0 heterocycles. The van der Waals surface area contributed by atoms with Crippen molar-refractivity contribution in [3.8, 4) is 62.9 Å². The zero-order valence-corrected chi connectivity index (χ0v) is 70.8. The van der Waals surface area contributed by atoms with Gasteiger partial charge in [-0.25, -0.2) is 0 Å². The molecule has 18 N–H and O–H groups in total. The topological polar surface area (TPSA) is 467 Å². The van der Waals surface area contributed by atoms with Crippen molar-refractivity contribution in [1.82, 2.24) is 0 Å². The molecule has 16 rings (SSSR count). The van der Waals surface area contributed by atoms with Crippen molar-refractivity contribution in [3.63, 3.8) is 0 Å². The number of aliphatic hydroxyl groups excluding tert-OH is 9. The molecule has 664 valence electrons. The minimum atomic E-state index is -1.14. The molecule has 0 saturated heterocycles. The number of hydrogen-bond acceptors (Lipinski definition) is 24. The highest BCUT2D eigenvalue weighted by Gasteiger charge is 2.50. The molecule has 133 heavy (non-hydrogen) atoms. The van der Waals surface area contributed by atoms with Crippen LogP contribution in [-0.2, 0) is 86.6 Å². The Morgan fingerprint density at radius 1 is 0.226 bits per heavy atom. The number of aliphatic hydroxyl groups is 9. The Labute approximate surface area is 759 Å². The summed E-state index contributed by atoms with van der Waals surface area (Å²) in [6.45, 7) is 10.9. The maximum Gasteiger partial charge on any atom is 0.202 e. The van der Waals surface area contributed by atoms with E-state index in [2.05, 4.69) is 19.7 Å². The average Bonchev–Trinajstić information content (AvgIpc) is 0.720. The lowest BCUT2D eigenvalue weighted by atomic mass is 9.75. The van der Waals surface area contributed by atoms with Gasteiger partial charge in [0.15, 0.2) is 17.3 Å². The highest BCUT2D eigenvalue weighted by atomic mass is 16.3. The van der Waals surface area contributed by atoms with Crippen LogP contribution < -0.4 is 0 Å². The Hall–Kier alpha value is -17.5. The van der Waals surface area contributed by atoms with E-state index in [1.165, 1.54) is 30.4 Å². The van der Waals surface area contributed by atoms with Gasteiger partial charge < -0.3 is 91.9 Å². The van der Waals surface area contributed by atoms with Crippen molar-refractivity contribution in [1.29, 1.82) is 0 Å². The van der Waals surface area contributed by atoms with Crippen molar-refractivity contribution >= 4 is 57.5 Å². The van der Waals surface area contributed by atoms with E-state index >= 15 is 0 Å². The molecule has 24 heteroatoms. The number of allylic oxidation sites excluding steroid dienone is 16. The number of hydrogen-bond donors (Lipinski definition) is 18. The van der Waals surface area contributed by atoms with E-state index in [4.69, 9.17) is 0 Å². The molecular formula is C109H84O24. The molecule has 10 aromatic rings. The summed E-state index contributed by atoms with van der Waals surface area (Å²) < 4.78 is 0. The van der Waals surface area contributed by atoms with E-state index in [1.807, 2.05) is 0 Å². The average molecular weight is 1780 g/mol. The van der Waals surface area contributed by atoms with Crippen LogP contribution in [0.25, 0.3) is 33.9 Å². The van der Waals surface area contributed by atoms with Gasteiger partial charge in [0, 0.05) is 112 Å². The van der Waals surface area contributed by atoms with Gasteiger partial charge >= 0.3 is 0 Å². The van der Waals surface area contributed by atoms with E-state index in [-0.39, 0.29) is 119 Å². The minimum absolute atomic E-state index is 0.130. The predicted molar refractivity (Wildman–Crippen MR) is 496 cm³/mol. The smallest absolute Gasteiger partial charge is 0.202 e. The molecule has 0 spiro atoms. The second-order valence-corrected chi connectivity index (χ2v) is 32.6. The fourth-order valence-electron chi connectivity index (χ4n) is 17.8. The summed E-state index contributed by atoms with van der Waals surface area (Å²) in [5.74, 6) is -20.1. The normalized spacial score (nSPS) is 16.7. The number of benzene rings is 10. The molecule has 0 fully saturated rings. The van der Waals surface area contributed by atoms with Crippen molar-refractivity contribution < 1.29 is 121 Å². The summed E-state index contributed by atoms with van der Waals surface area (Å²) in [7, 11) is 0. The zero-order chi connectivity index (χ0) is 94.6. The number of rotatable bonds is 27. The largest absolute Gasteiger partial charge is 0.507 e. The number of Topliss-reactive ketones (excluding diaryl/α,β-unsaturated/α-hetero) is 6. The number of ketones is 6. The minimum Gasteiger partial charge on any atom is -0.507 e. The van der Waals surface area contributed by atoms with Gasteiger partial charge in [-0.2, -0.15) is 0 Å². The molecule has 6 aliphatic rings. The summed E-state index contributed by atoms with van der Waals surface area (Å²) in [6.07, 6.45) is 4.17. The maximum absolute atomic E-state index is 14.9. The summed E-state index contributed by atoms with van der Waals surface area (Å²) in [6, 6.07) is 55.2. The molecule has 0 radical (unpaired) electrons. The summed E-state index contributed by atoms with van der Waals surface area (Å²) >= 11 is 0. The molecule has 0 amide bonds. The van der Waals surface area contributed by atoms with Gasteiger partial charge in [-0.1, -0.05) is 225 Å². The number of carbonyl (C=O) groups is 6. The highest BCUT2D eigenvalue weighted by Crippen LogP contribution is 2.57. The third-order valence-corrected chi connectivity index (χ3v) is 24.6. The fourth-order valence-corrected chi connectivity index (χ4v) is 17.8. The second kappa shape index (κ2) is 35.9. The molecule has 0 atom stereocenters. The van der Waals surface area contributed by atoms with Gasteiger partial charge in [-0.3, -0.25) is 28.8 Å². The van der Waals surface area contributed by atoms with Gasteiger partial charge in [0.05, 0.1) is 66.8 Å². The van der Waals surface area contributed by atoms with Crippen molar-refractivity contribution in [2.45, 2.75) is 70.6 Å².